The number of carbonyl (C=O) groups is 2. The first-order valence-electron chi connectivity index (χ1n) is 8.64. The highest BCUT2D eigenvalue weighted by atomic mass is 16.5. The quantitative estimate of drug-likeness (QED) is 0.613. The van der Waals surface area contributed by atoms with Gasteiger partial charge in [0, 0.05) is 12.4 Å². The van der Waals surface area contributed by atoms with Gasteiger partial charge in [-0.05, 0) is 18.2 Å². The molecule has 0 aliphatic heterocycles. The van der Waals surface area contributed by atoms with Gasteiger partial charge in [-0.25, -0.2) is 4.68 Å². The van der Waals surface area contributed by atoms with Gasteiger partial charge in [0.2, 0.25) is 5.91 Å². The number of nitriles is 1. The lowest BCUT2D eigenvalue weighted by Gasteiger charge is -2.10. The molecular formula is C20H17N5O4. The van der Waals surface area contributed by atoms with Crippen molar-refractivity contribution in [3.8, 4) is 11.8 Å². The van der Waals surface area contributed by atoms with Crippen LogP contribution in [0.25, 0.3) is 10.8 Å². The molecule has 0 fully saturated rings. The fourth-order valence-corrected chi connectivity index (χ4v) is 2.71. The van der Waals surface area contributed by atoms with E-state index >= 15 is 0 Å². The molecule has 3 aromatic rings. The Kier molecular flexibility index (Phi) is 5.85. The number of aromatic nitrogens is 2. The van der Waals surface area contributed by atoms with Crippen molar-refractivity contribution in [1.82, 2.24) is 20.6 Å². The maximum atomic E-state index is 12.2. The molecular weight excluding hydrogens is 374 g/mol. The number of fused-ring (bicyclic) bond motifs is 1. The predicted octanol–water partition coefficient (Wildman–Crippen LogP) is 0.574. The lowest BCUT2D eigenvalue weighted by molar-refractivity contribution is -0.129. The van der Waals surface area contributed by atoms with E-state index in [4.69, 9.17) is 10.00 Å². The molecule has 0 unspecified atom stereocenters. The molecule has 2 N–H and O–H groups in total. The van der Waals surface area contributed by atoms with Crippen LogP contribution < -0.4 is 21.1 Å². The van der Waals surface area contributed by atoms with Crippen LogP contribution in [0, 0.1) is 11.3 Å². The van der Waals surface area contributed by atoms with E-state index in [9.17, 15) is 14.4 Å². The van der Waals surface area contributed by atoms with Crippen molar-refractivity contribution in [2.75, 3.05) is 6.61 Å². The number of aryl methyl sites for hydroxylation is 1. The predicted molar refractivity (Wildman–Crippen MR) is 104 cm³/mol. The van der Waals surface area contributed by atoms with Gasteiger partial charge in [-0.3, -0.25) is 25.2 Å². The molecule has 0 saturated carbocycles. The Morgan fingerprint density at radius 3 is 2.48 bits per heavy atom. The van der Waals surface area contributed by atoms with Crippen molar-refractivity contribution in [1.29, 1.82) is 5.26 Å². The largest absolute Gasteiger partial charge is 0.482 e. The molecule has 0 radical (unpaired) electrons. The third-order valence-electron chi connectivity index (χ3n) is 4.07. The van der Waals surface area contributed by atoms with Crippen molar-refractivity contribution in [2.24, 2.45) is 7.05 Å². The first-order chi connectivity index (χ1) is 14.0. The van der Waals surface area contributed by atoms with Crippen LogP contribution in [0.5, 0.6) is 5.75 Å². The topological polar surface area (TPSA) is 126 Å². The molecule has 0 atom stereocenters. The Labute approximate surface area is 165 Å². The summed E-state index contributed by atoms with van der Waals surface area (Å²) in [6.07, 6.45) is -0.132. The number of benzene rings is 2. The number of para-hydroxylation sites is 1. The third-order valence-corrected chi connectivity index (χ3v) is 4.07. The summed E-state index contributed by atoms with van der Waals surface area (Å²) < 4.78 is 6.46. The van der Waals surface area contributed by atoms with E-state index < -0.39 is 11.8 Å². The van der Waals surface area contributed by atoms with Crippen LogP contribution >= 0.6 is 0 Å². The van der Waals surface area contributed by atoms with Gasteiger partial charge in [-0.2, -0.15) is 10.4 Å². The number of rotatable bonds is 5. The fourth-order valence-electron chi connectivity index (χ4n) is 2.71. The van der Waals surface area contributed by atoms with Gasteiger partial charge in [0.1, 0.15) is 11.8 Å². The Balaban J connectivity index is 1.59. The Bertz CT molecular complexity index is 1180. The standard InChI is InChI=1S/C20H17N5O4/c1-25-20(28)15-8-4-3-7-14(15)16(24-25)10-18(26)22-23-19(27)12-29-17-9-5-2-6-13(17)11-21/h2-9H,10,12H2,1H3,(H,22,26)(H,23,27). The minimum Gasteiger partial charge on any atom is -0.482 e. The van der Waals surface area contributed by atoms with E-state index in [-0.39, 0.29) is 24.3 Å². The number of nitrogens with one attached hydrogen (secondary N) is 2. The third kappa shape index (κ3) is 4.56. The van der Waals surface area contributed by atoms with E-state index in [0.29, 0.717) is 22.0 Å². The number of hydrogen-bond donors (Lipinski definition) is 2. The maximum absolute atomic E-state index is 12.2. The summed E-state index contributed by atoms with van der Waals surface area (Å²) in [6.45, 7) is -0.375. The lowest BCUT2D eigenvalue weighted by Crippen LogP contribution is -2.44. The maximum Gasteiger partial charge on any atom is 0.276 e. The first-order valence-corrected chi connectivity index (χ1v) is 8.64. The second-order valence-electron chi connectivity index (χ2n) is 6.09. The van der Waals surface area contributed by atoms with E-state index in [1.165, 1.54) is 11.7 Å². The van der Waals surface area contributed by atoms with Gasteiger partial charge in [-0.1, -0.05) is 30.3 Å². The molecule has 0 saturated heterocycles. The molecule has 9 heteroatoms. The average Bonchev–Trinajstić information content (AvgIpc) is 2.74. The van der Waals surface area contributed by atoms with Crippen LogP contribution in [-0.4, -0.2) is 28.2 Å². The molecule has 0 bridgehead atoms. The first kappa shape index (κ1) is 19.6. The van der Waals surface area contributed by atoms with Crippen molar-refractivity contribution in [3.63, 3.8) is 0 Å². The van der Waals surface area contributed by atoms with Gasteiger partial charge < -0.3 is 4.74 Å². The van der Waals surface area contributed by atoms with Crippen molar-refractivity contribution >= 4 is 22.6 Å². The van der Waals surface area contributed by atoms with Gasteiger partial charge in [0.25, 0.3) is 11.5 Å². The van der Waals surface area contributed by atoms with Gasteiger partial charge >= 0.3 is 0 Å². The molecule has 2 aromatic carbocycles. The number of hydrazine groups is 1. The minimum absolute atomic E-state index is 0.132. The second kappa shape index (κ2) is 8.67. The molecule has 0 aliphatic rings. The molecule has 146 valence electrons. The lowest BCUT2D eigenvalue weighted by atomic mass is 10.1. The monoisotopic (exact) mass is 391 g/mol. The van der Waals surface area contributed by atoms with E-state index in [1.807, 2.05) is 6.07 Å². The molecule has 9 nitrogen and oxygen atoms in total. The summed E-state index contributed by atoms with van der Waals surface area (Å²) in [5.74, 6) is -0.825. The van der Waals surface area contributed by atoms with Crippen molar-refractivity contribution in [2.45, 2.75) is 6.42 Å². The van der Waals surface area contributed by atoms with Gasteiger partial charge in [0.15, 0.2) is 6.61 Å². The number of ether oxygens (including phenoxy) is 1. The fraction of sp³-hybridized carbons (Fsp3) is 0.150. The number of hydrogen-bond acceptors (Lipinski definition) is 6. The molecule has 2 amide bonds. The van der Waals surface area contributed by atoms with Crippen molar-refractivity contribution < 1.29 is 14.3 Å². The molecule has 1 aromatic heterocycles. The Morgan fingerprint density at radius 1 is 1.07 bits per heavy atom. The highest BCUT2D eigenvalue weighted by Gasteiger charge is 2.13. The summed E-state index contributed by atoms with van der Waals surface area (Å²) in [5.41, 5.74) is 4.98. The van der Waals surface area contributed by atoms with Crippen LogP contribution in [0.4, 0.5) is 0 Å². The SMILES string of the molecule is Cn1nc(CC(=O)NNC(=O)COc2ccccc2C#N)c2ccccc2c1=O. The van der Waals surface area contributed by atoms with Crippen LogP contribution in [0.1, 0.15) is 11.3 Å². The van der Waals surface area contributed by atoms with E-state index in [2.05, 4.69) is 16.0 Å². The molecule has 0 spiro atoms. The highest BCUT2D eigenvalue weighted by Crippen LogP contribution is 2.16. The molecule has 0 aliphatic carbocycles. The normalized spacial score (nSPS) is 10.2. The zero-order valence-corrected chi connectivity index (χ0v) is 15.5. The molecule has 29 heavy (non-hydrogen) atoms. The summed E-state index contributed by atoms with van der Waals surface area (Å²) >= 11 is 0. The summed E-state index contributed by atoms with van der Waals surface area (Å²) in [6, 6.07) is 15.3. The summed E-state index contributed by atoms with van der Waals surface area (Å²) in [4.78, 5) is 36.2. The van der Waals surface area contributed by atoms with Crippen LogP contribution in [0.15, 0.2) is 53.3 Å². The highest BCUT2D eigenvalue weighted by molar-refractivity contribution is 5.89. The van der Waals surface area contributed by atoms with Crippen molar-refractivity contribution in [3.05, 3.63) is 70.1 Å². The zero-order chi connectivity index (χ0) is 20.8. The second-order valence-corrected chi connectivity index (χ2v) is 6.09. The summed E-state index contributed by atoms with van der Waals surface area (Å²) in [5, 5.41) is 14.2. The summed E-state index contributed by atoms with van der Waals surface area (Å²) in [7, 11) is 1.51. The smallest absolute Gasteiger partial charge is 0.276 e. The number of carbonyl (C=O) groups excluding carboxylic acids is 2. The van der Waals surface area contributed by atoms with Gasteiger partial charge in [-0.15, -0.1) is 0 Å². The molecule has 3 rings (SSSR count). The molecule has 1 heterocycles. The van der Waals surface area contributed by atoms with Gasteiger partial charge in [0.05, 0.1) is 23.1 Å². The Hall–Kier alpha value is -4.19. The van der Waals surface area contributed by atoms with Crippen LogP contribution in [0.3, 0.4) is 0 Å². The minimum atomic E-state index is -0.593. The number of amides is 2. The average molecular weight is 391 g/mol. The van der Waals surface area contributed by atoms with E-state index in [1.54, 1.807) is 48.5 Å². The van der Waals surface area contributed by atoms with E-state index in [0.717, 1.165) is 0 Å². The Morgan fingerprint density at radius 2 is 1.72 bits per heavy atom. The van der Waals surface area contributed by atoms with Crippen LogP contribution in [0.2, 0.25) is 0 Å². The zero-order valence-electron chi connectivity index (χ0n) is 15.5. The van der Waals surface area contributed by atoms with Crippen LogP contribution in [-0.2, 0) is 23.1 Å². The number of nitrogens with zero attached hydrogens (tertiary/aromatic N) is 3.